The highest BCUT2D eigenvalue weighted by atomic mass is 16.5. The highest BCUT2D eigenvalue weighted by Gasteiger charge is 2.35. The lowest BCUT2D eigenvalue weighted by atomic mass is 9.88. The Kier molecular flexibility index (Phi) is 7.55. The van der Waals surface area contributed by atoms with Gasteiger partial charge < -0.3 is 20.9 Å². The number of hydrogen-bond acceptors (Lipinski definition) is 4. The summed E-state index contributed by atoms with van der Waals surface area (Å²) in [6, 6.07) is -0.856. The van der Waals surface area contributed by atoms with Crippen LogP contribution in [0, 0.1) is 0 Å². The van der Waals surface area contributed by atoms with Gasteiger partial charge in [-0.25, -0.2) is 4.79 Å². The number of carboxylic acids is 1. The van der Waals surface area contributed by atoms with Gasteiger partial charge in [0.15, 0.2) is 0 Å². The maximum Gasteiger partial charge on any atom is 0.331 e. The van der Waals surface area contributed by atoms with Crippen molar-refractivity contribution in [2.45, 2.75) is 77.2 Å². The second kappa shape index (κ2) is 8.90. The zero-order valence-corrected chi connectivity index (χ0v) is 13.7. The van der Waals surface area contributed by atoms with Crippen molar-refractivity contribution in [1.29, 1.82) is 0 Å². The molecule has 4 N–H and O–H groups in total. The number of hydrogen-bond donors (Lipinski definition) is 3. The van der Waals surface area contributed by atoms with Crippen LogP contribution in [-0.4, -0.2) is 41.3 Å². The molecule has 126 valence electrons. The predicted octanol–water partition coefficient (Wildman–Crippen LogP) is 1.59. The van der Waals surface area contributed by atoms with Crippen LogP contribution in [0.25, 0.3) is 0 Å². The third-order valence-electron chi connectivity index (χ3n) is 3.85. The fourth-order valence-corrected chi connectivity index (χ4v) is 2.85. The Balaban J connectivity index is 2.95. The fraction of sp³-hybridized carbons (Fsp3) is 0.750. The lowest BCUT2D eigenvalue weighted by Crippen LogP contribution is -2.57. The molecule has 1 amide bonds. The molecule has 0 aromatic rings. The Labute approximate surface area is 132 Å². The third kappa shape index (κ3) is 5.42. The summed E-state index contributed by atoms with van der Waals surface area (Å²) in [5, 5.41) is 12.0. The van der Waals surface area contributed by atoms with E-state index in [1.807, 2.05) is 0 Å². The van der Waals surface area contributed by atoms with Crippen molar-refractivity contribution in [3.05, 3.63) is 11.6 Å². The van der Waals surface area contributed by atoms with Crippen LogP contribution in [0.2, 0.25) is 0 Å². The van der Waals surface area contributed by atoms with Gasteiger partial charge in [0.1, 0.15) is 0 Å². The summed E-state index contributed by atoms with van der Waals surface area (Å²) in [6.07, 6.45) is 5.17. The van der Waals surface area contributed by atoms with Gasteiger partial charge in [-0.1, -0.05) is 26.7 Å². The first kappa shape index (κ1) is 18.6. The van der Waals surface area contributed by atoms with Crippen molar-refractivity contribution >= 4 is 11.9 Å². The van der Waals surface area contributed by atoms with Crippen LogP contribution in [0.3, 0.4) is 0 Å². The number of carbonyl (C=O) groups excluding carboxylic acids is 1. The van der Waals surface area contributed by atoms with E-state index in [1.165, 1.54) is 6.92 Å². The van der Waals surface area contributed by atoms with Gasteiger partial charge in [-0.2, -0.15) is 0 Å². The van der Waals surface area contributed by atoms with Gasteiger partial charge in [0.2, 0.25) is 5.91 Å². The summed E-state index contributed by atoms with van der Waals surface area (Å²) in [6.45, 7) is 5.60. The van der Waals surface area contributed by atoms with Gasteiger partial charge in [-0.05, 0) is 25.3 Å². The summed E-state index contributed by atoms with van der Waals surface area (Å²) in [5.41, 5.74) is 6.33. The summed E-state index contributed by atoms with van der Waals surface area (Å²) in [4.78, 5) is 22.6. The van der Waals surface area contributed by atoms with Crippen molar-refractivity contribution in [1.82, 2.24) is 5.32 Å². The molecular formula is C16H28N2O4. The standard InChI is InChI=1S/C16H28N2O4/c1-4-6-12(7-5-2)22-14-9-11(16(20)21)8-13(17)15(14)18-10(3)19/h9,12-15H,4-8,17H2,1-3H3,(H,18,19)(H,20,21)/t13-,14+,15+/m0/s1. The van der Waals surface area contributed by atoms with Crippen LogP contribution in [0.15, 0.2) is 11.6 Å². The van der Waals surface area contributed by atoms with Crippen LogP contribution in [0.1, 0.15) is 52.9 Å². The van der Waals surface area contributed by atoms with E-state index in [9.17, 15) is 14.7 Å². The lowest BCUT2D eigenvalue weighted by molar-refractivity contribution is -0.133. The van der Waals surface area contributed by atoms with Crippen LogP contribution < -0.4 is 11.1 Å². The van der Waals surface area contributed by atoms with Crippen molar-refractivity contribution in [2.75, 3.05) is 0 Å². The molecule has 0 aromatic heterocycles. The quantitative estimate of drug-likeness (QED) is 0.631. The largest absolute Gasteiger partial charge is 0.478 e. The zero-order valence-electron chi connectivity index (χ0n) is 13.7. The molecule has 0 unspecified atom stereocenters. The average Bonchev–Trinajstić information content (AvgIpc) is 2.42. The van der Waals surface area contributed by atoms with Crippen molar-refractivity contribution in [2.24, 2.45) is 5.73 Å². The smallest absolute Gasteiger partial charge is 0.331 e. The third-order valence-corrected chi connectivity index (χ3v) is 3.85. The van der Waals surface area contributed by atoms with E-state index in [4.69, 9.17) is 10.5 Å². The molecule has 6 nitrogen and oxygen atoms in total. The molecule has 0 spiro atoms. The Morgan fingerprint density at radius 1 is 1.41 bits per heavy atom. The second-order valence-electron chi connectivity index (χ2n) is 5.89. The Hall–Kier alpha value is -1.40. The predicted molar refractivity (Wildman–Crippen MR) is 84.4 cm³/mol. The summed E-state index contributed by atoms with van der Waals surface area (Å²) in [5.74, 6) is -1.17. The average molecular weight is 312 g/mol. The minimum Gasteiger partial charge on any atom is -0.478 e. The van der Waals surface area contributed by atoms with E-state index >= 15 is 0 Å². The van der Waals surface area contributed by atoms with E-state index in [2.05, 4.69) is 19.2 Å². The molecule has 0 aliphatic heterocycles. The monoisotopic (exact) mass is 312 g/mol. The van der Waals surface area contributed by atoms with Crippen molar-refractivity contribution in [3.63, 3.8) is 0 Å². The van der Waals surface area contributed by atoms with Gasteiger partial charge in [0, 0.05) is 18.5 Å². The molecule has 1 aliphatic carbocycles. The molecule has 1 aliphatic rings. The molecule has 0 bridgehead atoms. The number of aliphatic carboxylic acids is 1. The van der Waals surface area contributed by atoms with E-state index < -0.39 is 24.2 Å². The van der Waals surface area contributed by atoms with Crippen LogP contribution in [-0.2, 0) is 14.3 Å². The first-order valence-corrected chi connectivity index (χ1v) is 8.01. The van der Waals surface area contributed by atoms with Crippen LogP contribution >= 0.6 is 0 Å². The van der Waals surface area contributed by atoms with E-state index in [1.54, 1.807) is 6.08 Å². The van der Waals surface area contributed by atoms with Crippen LogP contribution in [0.4, 0.5) is 0 Å². The number of carboxylic acid groups (broad SMARTS) is 1. The molecule has 0 saturated carbocycles. The van der Waals surface area contributed by atoms with E-state index in [-0.39, 0.29) is 24.0 Å². The summed E-state index contributed by atoms with van der Waals surface area (Å²) in [7, 11) is 0. The molecule has 0 saturated heterocycles. The van der Waals surface area contributed by atoms with Crippen molar-refractivity contribution in [3.8, 4) is 0 Å². The van der Waals surface area contributed by atoms with E-state index in [0.29, 0.717) is 0 Å². The topological polar surface area (TPSA) is 102 Å². The van der Waals surface area contributed by atoms with Gasteiger partial charge in [-0.15, -0.1) is 0 Å². The summed E-state index contributed by atoms with van der Waals surface area (Å²) < 4.78 is 6.10. The molecule has 0 radical (unpaired) electrons. The first-order chi connectivity index (χ1) is 10.4. The molecule has 22 heavy (non-hydrogen) atoms. The Bertz CT molecular complexity index is 416. The van der Waals surface area contributed by atoms with E-state index in [0.717, 1.165) is 25.7 Å². The molecular weight excluding hydrogens is 284 g/mol. The molecule has 1 rings (SSSR count). The fourth-order valence-electron chi connectivity index (χ4n) is 2.85. The highest BCUT2D eigenvalue weighted by Crippen LogP contribution is 2.24. The number of amides is 1. The highest BCUT2D eigenvalue weighted by molar-refractivity contribution is 5.87. The molecule has 0 heterocycles. The molecule has 6 heteroatoms. The Morgan fingerprint density at radius 3 is 2.45 bits per heavy atom. The maximum atomic E-state index is 11.4. The molecule has 3 atom stereocenters. The number of rotatable bonds is 8. The number of carbonyl (C=O) groups is 2. The minimum atomic E-state index is -0.979. The number of nitrogens with one attached hydrogen (secondary N) is 1. The maximum absolute atomic E-state index is 11.4. The second-order valence-corrected chi connectivity index (χ2v) is 5.89. The normalized spacial score (nSPS) is 25.0. The Morgan fingerprint density at radius 2 is 2.00 bits per heavy atom. The van der Waals surface area contributed by atoms with Crippen molar-refractivity contribution < 1.29 is 19.4 Å². The lowest BCUT2D eigenvalue weighted by Gasteiger charge is -2.36. The van der Waals surface area contributed by atoms with Gasteiger partial charge in [0.25, 0.3) is 0 Å². The molecule has 0 aromatic carbocycles. The summed E-state index contributed by atoms with van der Waals surface area (Å²) >= 11 is 0. The minimum absolute atomic E-state index is 0.0489. The van der Waals surface area contributed by atoms with Gasteiger partial charge in [0.05, 0.1) is 18.2 Å². The first-order valence-electron chi connectivity index (χ1n) is 8.01. The van der Waals surface area contributed by atoms with Gasteiger partial charge in [-0.3, -0.25) is 4.79 Å². The van der Waals surface area contributed by atoms with Gasteiger partial charge >= 0.3 is 5.97 Å². The number of nitrogens with two attached hydrogens (primary N) is 1. The van der Waals surface area contributed by atoms with Crippen LogP contribution in [0.5, 0.6) is 0 Å². The SMILES string of the molecule is CCCC(CCC)O[C@@H]1C=C(C(=O)O)C[C@H](N)[C@H]1NC(C)=O. The molecule has 0 fully saturated rings. The number of ether oxygens (including phenoxy) is 1. The zero-order chi connectivity index (χ0) is 16.7.